The van der Waals surface area contributed by atoms with Crippen molar-refractivity contribution in [3.63, 3.8) is 0 Å². The molecule has 0 heterocycles. The van der Waals surface area contributed by atoms with Gasteiger partial charge in [0.15, 0.2) is 0 Å². The van der Waals surface area contributed by atoms with Crippen molar-refractivity contribution in [2.45, 2.75) is 257 Å². The number of unbranched alkanes of at least 4 members (excludes halogenated alkanes) is 27. The number of aliphatic hydroxyl groups excluding tert-OH is 2. The van der Waals surface area contributed by atoms with Gasteiger partial charge in [0.25, 0.3) is 0 Å². The molecular formula is C43H85NO5. The second-order valence-electron chi connectivity index (χ2n) is 15.1. The monoisotopic (exact) mass is 696 g/mol. The van der Waals surface area contributed by atoms with Crippen LogP contribution in [0.25, 0.3) is 0 Å². The van der Waals surface area contributed by atoms with Crippen molar-refractivity contribution in [2.24, 2.45) is 0 Å². The summed E-state index contributed by atoms with van der Waals surface area (Å²) in [5.41, 5.74) is 0. The normalized spacial score (nSPS) is 13.3. The molecule has 1 amide bonds. The van der Waals surface area contributed by atoms with Gasteiger partial charge < -0.3 is 20.3 Å². The first-order chi connectivity index (χ1) is 24.0. The molecule has 49 heavy (non-hydrogen) atoms. The Bertz CT molecular complexity index is 702. The molecule has 0 aromatic rings. The second-order valence-corrected chi connectivity index (χ2v) is 15.1. The average molecular weight is 696 g/mol. The van der Waals surface area contributed by atoms with Crippen LogP contribution in [-0.2, 0) is 14.3 Å². The first-order valence-corrected chi connectivity index (χ1v) is 21.8. The molecule has 6 nitrogen and oxygen atoms in total. The molecule has 3 atom stereocenters. The van der Waals surface area contributed by atoms with Crippen molar-refractivity contribution >= 4 is 11.9 Å². The van der Waals surface area contributed by atoms with Crippen LogP contribution in [-0.4, -0.2) is 46.9 Å². The van der Waals surface area contributed by atoms with Gasteiger partial charge in [-0.1, -0.05) is 201 Å². The highest BCUT2D eigenvalue weighted by Crippen LogP contribution is 2.18. The van der Waals surface area contributed by atoms with Crippen molar-refractivity contribution < 1.29 is 24.5 Å². The van der Waals surface area contributed by atoms with Gasteiger partial charge in [-0.3, -0.25) is 9.59 Å². The summed E-state index contributed by atoms with van der Waals surface area (Å²) in [4.78, 5) is 25.8. The van der Waals surface area contributed by atoms with Gasteiger partial charge in [-0.2, -0.15) is 0 Å². The van der Waals surface area contributed by atoms with Gasteiger partial charge in [0, 0.05) is 6.42 Å². The van der Waals surface area contributed by atoms with Crippen molar-refractivity contribution in [3.8, 4) is 0 Å². The average Bonchev–Trinajstić information content (AvgIpc) is 3.09. The Morgan fingerprint density at radius 3 is 1.24 bits per heavy atom. The van der Waals surface area contributed by atoms with Crippen LogP contribution in [0.5, 0.6) is 0 Å². The summed E-state index contributed by atoms with van der Waals surface area (Å²) in [5.74, 6) is -0.465. The van der Waals surface area contributed by atoms with Gasteiger partial charge in [0.1, 0.15) is 6.10 Å². The number of hydrogen-bond donors (Lipinski definition) is 3. The smallest absolute Gasteiger partial charge is 0.306 e. The van der Waals surface area contributed by atoms with E-state index in [2.05, 4.69) is 26.1 Å². The zero-order valence-corrected chi connectivity index (χ0v) is 33.1. The highest BCUT2D eigenvalue weighted by atomic mass is 16.5. The summed E-state index contributed by atoms with van der Waals surface area (Å²) < 4.78 is 5.87. The number of carbonyl (C=O) groups is 2. The minimum atomic E-state index is -0.775. The molecule has 0 aliphatic rings. The van der Waals surface area contributed by atoms with Crippen molar-refractivity contribution in [3.05, 3.63) is 0 Å². The first-order valence-electron chi connectivity index (χ1n) is 21.8. The summed E-state index contributed by atoms with van der Waals surface area (Å²) in [7, 11) is 0. The summed E-state index contributed by atoms with van der Waals surface area (Å²) in [6.07, 6.45) is 37.4. The SMILES string of the molecule is CCCCCCCCCCCCCCC(=O)OC(CCCCCCCCCC)CC(=O)NC(CO)C(O)CCCCCCCCCCCC. The first kappa shape index (κ1) is 47.9. The number of rotatable bonds is 39. The van der Waals surface area contributed by atoms with Crippen molar-refractivity contribution in [1.29, 1.82) is 0 Å². The van der Waals surface area contributed by atoms with E-state index in [0.29, 0.717) is 19.3 Å². The fourth-order valence-electron chi connectivity index (χ4n) is 6.84. The third kappa shape index (κ3) is 33.7. The highest BCUT2D eigenvalue weighted by molar-refractivity contribution is 5.77. The number of ether oxygens (including phenoxy) is 1. The molecule has 0 rings (SSSR count). The molecular weight excluding hydrogens is 610 g/mol. The molecule has 6 heteroatoms. The number of carbonyl (C=O) groups excluding carboxylic acids is 2. The predicted molar refractivity (Wildman–Crippen MR) is 209 cm³/mol. The van der Waals surface area contributed by atoms with Crippen LogP contribution < -0.4 is 5.32 Å². The topological polar surface area (TPSA) is 95.9 Å². The second kappa shape index (κ2) is 38.1. The summed E-state index contributed by atoms with van der Waals surface area (Å²) >= 11 is 0. The van der Waals surface area contributed by atoms with Crippen LogP contribution in [0.3, 0.4) is 0 Å². The van der Waals surface area contributed by atoms with Gasteiger partial charge in [0.2, 0.25) is 5.91 Å². The molecule has 0 saturated heterocycles. The van der Waals surface area contributed by atoms with E-state index in [4.69, 9.17) is 4.74 Å². The molecule has 0 aromatic carbocycles. The van der Waals surface area contributed by atoms with E-state index in [1.54, 1.807) is 0 Å². The number of amides is 1. The molecule has 0 fully saturated rings. The summed E-state index contributed by atoms with van der Waals surface area (Å²) in [5, 5.41) is 23.5. The molecule has 0 bridgehead atoms. The lowest BCUT2D eigenvalue weighted by Crippen LogP contribution is -2.46. The van der Waals surface area contributed by atoms with E-state index in [1.807, 2.05) is 0 Å². The molecule has 0 aliphatic heterocycles. The third-order valence-electron chi connectivity index (χ3n) is 10.2. The quantitative estimate of drug-likeness (QED) is 0.0439. The lowest BCUT2D eigenvalue weighted by Gasteiger charge is -2.24. The predicted octanol–water partition coefficient (Wildman–Crippen LogP) is 12.1. The van der Waals surface area contributed by atoms with E-state index >= 15 is 0 Å². The van der Waals surface area contributed by atoms with Crippen LogP contribution in [0.2, 0.25) is 0 Å². The van der Waals surface area contributed by atoms with Crippen LogP contribution in [0.15, 0.2) is 0 Å². The molecule has 0 radical (unpaired) electrons. The van der Waals surface area contributed by atoms with E-state index in [9.17, 15) is 19.8 Å². The lowest BCUT2D eigenvalue weighted by atomic mass is 10.0. The number of nitrogens with one attached hydrogen (secondary N) is 1. The zero-order valence-electron chi connectivity index (χ0n) is 33.1. The molecule has 0 aromatic heterocycles. The van der Waals surface area contributed by atoms with Gasteiger partial charge in [-0.25, -0.2) is 0 Å². The molecule has 0 saturated carbocycles. The fourth-order valence-corrected chi connectivity index (χ4v) is 6.84. The Kier molecular flexibility index (Phi) is 37.2. The van der Waals surface area contributed by atoms with Gasteiger partial charge in [-0.05, 0) is 25.7 Å². The van der Waals surface area contributed by atoms with Gasteiger partial charge in [0.05, 0.1) is 25.2 Å². The number of esters is 1. The van der Waals surface area contributed by atoms with E-state index in [0.717, 1.165) is 44.9 Å². The maximum Gasteiger partial charge on any atom is 0.306 e. The molecule has 3 unspecified atom stereocenters. The van der Waals surface area contributed by atoms with E-state index in [1.165, 1.54) is 148 Å². The van der Waals surface area contributed by atoms with Gasteiger partial charge in [-0.15, -0.1) is 0 Å². The highest BCUT2D eigenvalue weighted by Gasteiger charge is 2.24. The van der Waals surface area contributed by atoms with Crippen LogP contribution >= 0.6 is 0 Å². The summed E-state index contributed by atoms with van der Waals surface area (Å²) in [6, 6.07) is -0.688. The van der Waals surface area contributed by atoms with E-state index < -0.39 is 18.2 Å². The maximum absolute atomic E-state index is 13.0. The van der Waals surface area contributed by atoms with Crippen molar-refractivity contribution in [1.82, 2.24) is 5.32 Å². The zero-order chi connectivity index (χ0) is 36.0. The van der Waals surface area contributed by atoms with E-state index in [-0.39, 0.29) is 24.9 Å². The lowest BCUT2D eigenvalue weighted by molar-refractivity contribution is -0.151. The Hall–Kier alpha value is -1.14. The third-order valence-corrected chi connectivity index (χ3v) is 10.2. The van der Waals surface area contributed by atoms with Crippen LogP contribution in [0.4, 0.5) is 0 Å². The maximum atomic E-state index is 13.0. The Morgan fingerprint density at radius 1 is 0.510 bits per heavy atom. The Morgan fingerprint density at radius 2 is 0.857 bits per heavy atom. The van der Waals surface area contributed by atoms with Crippen LogP contribution in [0.1, 0.15) is 239 Å². The molecule has 0 aliphatic carbocycles. The molecule has 292 valence electrons. The largest absolute Gasteiger partial charge is 0.462 e. The van der Waals surface area contributed by atoms with Crippen molar-refractivity contribution in [2.75, 3.05) is 6.61 Å². The standard InChI is InChI=1S/C43H85NO5/c1-4-7-10-13-16-19-21-22-24-27-30-33-36-43(48)49-39(34-31-28-25-18-15-12-9-6-3)37-42(47)44-40(38-45)41(46)35-32-29-26-23-20-17-14-11-8-5-2/h39-41,45-46H,4-38H2,1-3H3,(H,44,47). The minimum Gasteiger partial charge on any atom is -0.462 e. The molecule has 3 N–H and O–H groups in total. The number of aliphatic hydroxyl groups is 2. The number of hydrogen-bond acceptors (Lipinski definition) is 5. The van der Waals surface area contributed by atoms with Crippen LogP contribution in [0, 0.1) is 0 Å². The minimum absolute atomic E-state index is 0.0855. The Balaban J connectivity index is 4.49. The Labute approximate surface area is 305 Å². The molecule has 0 spiro atoms. The fraction of sp³-hybridized carbons (Fsp3) is 0.953. The summed E-state index contributed by atoms with van der Waals surface area (Å²) in [6.45, 7) is 6.44. The van der Waals surface area contributed by atoms with Gasteiger partial charge >= 0.3 is 5.97 Å².